The minimum Gasteiger partial charge on any atom is -0.248 e. The number of aromatic nitrogens is 1. The Morgan fingerprint density at radius 3 is 2.78 bits per heavy atom. The molecule has 3 heteroatoms. The molecule has 88 valence electrons. The van der Waals surface area contributed by atoms with Crippen molar-refractivity contribution in [1.82, 2.24) is 4.98 Å². The molecule has 2 aromatic heterocycles. The van der Waals surface area contributed by atoms with Gasteiger partial charge >= 0.3 is 0 Å². The molecule has 0 aliphatic heterocycles. The first-order valence-electron chi connectivity index (χ1n) is 5.60. The molecule has 1 nitrogen and oxygen atoms in total. The highest BCUT2D eigenvalue weighted by molar-refractivity contribution is 7.10. The Morgan fingerprint density at radius 1 is 1.06 bits per heavy atom. The summed E-state index contributed by atoms with van der Waals surface area (Å²) in [5.41, 5.74) is 1.81. The van der Waals surface area contributed by atoms with E-state index >= 15 is 0 Å². The first-order chi connectivity index (χ1) is 8.83. The van der Waals surface area contributed by atoms with Crippen molar-refractivity contribution in [2.24, 2.45) is 0 Å². The summed E-state index contributed by atoms with van der Waals surface area (Å²) in [5.74, 6) is 0. The van der Waals surface area contributed by atoms with Crippen LogP contribution in [0.3, 0.4) is 0 Å². The van der Waals surface area contributed by atoms with Crippen LogP contribution in [-0.4, -0.2) is 4.98 Å². The van der Waals surface area contributed by atoms with Crippen LogP contribution in [0.5, 0.6) is 0 Å². The zero-order chi connectivity index (χ0) is 12.4. The molecule has 3 rings (SSSR count). The summed E-state index contributed by atoms with van der Waals surface area (Å²) >= 11 is 7.95. The van der Waals surface area contributed by atoms with Crippen LogP contribution >= 0.6 is 22.9 Å². The van der Waals surface area contributed by atoms with Gasteiger partial charge in [-0.25, -0.2) is 4.98 Å². The van der Waals surface area contributed by atoms with Gasteiger partial charge in [-0.2, -0.15) is 0 Å². The lowest BCUT2D eigenvalue weighted by atomic mass is 10.2. The Kier molecular flexibility index (Phi) is 3.13. The largest absolute Gasteiger partial charge is 0.248 e. The fraction of sp³-hybridized carbons (Fsp3) is 0. The van der Waals surface area contributed by atoms with E-state index in [1.165, 1.54) is 4.88 Å². The second kappa shape index (κ2) is 4.92. The van der Waals surface area contributed by atoms with E-state index in [4.69, 9.17) is 11.6 Å². The van der Waals surface area contributed by atoms with Crippen LogP contribution in [-0.2, 0) is 0 Å². The molecule has 0 atom stereocenters. The van der Waals surface area contributed by atoms with Gasteiger partial charge in [-0.05, 0) is 35.7 Å². The van der Waals surface area contributed by atoms with Crippen LogP contribution in [0.2, 0.25) is 5.02 Å². The third-order valence-corrected chi connectivity index (χ3v) is 3.80. The van der Waals surface area contributed by atoms with Crippen LogP contribution in [0.1, 0.15) is 10.6 Å². The van der Waals surface area contributed by atoms with Gasteiger partial charge in [-0.3, -0.25) is 0 Å². The van der Waals surface area contributed by atoms with Gasteiger partial charge in [0.1, 0.15) is 0 Å². The summed E-state index contributed by atoms with van der Waals surface area (Å²) in [5, 5.41) is 3.79. The number of pyridine rings is 1. The molecule has 0 N–H and O–H groups in total. The fourth-order valence-electron chi connectivity index (χ4n) is 1.79. The third kappa shape index (κ3) is 2.30. The number of para-hydroxylation sites is 1. The molecular formula is C15H10ClNS. The van der Waals surface area contributed by atoms with Crippen molar-refractivity contribution in [3.63, 3.8) is 0 Å². The monoisotopic (exact) mass is 271 g/mol. The second-order valence-corrected chi connectivity index (χ2v) is 5.28. The van der Waals surface area contributed by atoms with Crippen molar-refractivity contribution in [3.8, 4) is 0 Å². The van der Waals surface area contributed by atoms with Crippen molar-refractivity contribution >= 4 is 46.0 Å². The molecule has 0 saturated heterocycles. The highest BCUT2D eigenvalue weighted by atomic mass is 35.5. The quantitative estimate of drug-likeness (QED) is 0.630. The first kappa shape index (κ1) is 11.5. The molecule has 18 heavy (non-hydrogen) atoms. The molecule has 0 saturated carbocycles. The summed E-state index contributed by atoms with van der Waals surface area (Å²) in [4.78, 5) is 5.78. The van der Waals surface area contributed by atoms with Crippen LogP contribution < -0.4 is 0 Å². The standard InChI is InChI=1S/C15H10ClNS/c16-14-10-11(7-8-12-4-3-9-18-12)17-15-6-2-1-5-13(14)15/h1-10H/b8-7+. The van der Waals surface area contributed by atoms with E-state index in [2.05, 4.69) is 22.5 Å². The number of thiophene rings is 1. The van der Waals surface area contributed by atoms with E-state index in [1.807, 2.05) is 42.5 Å². The summed E-state index contributed by atoms with van der Waals surface area (Å²) in [6.45, 7) is 0. The van der Waals surface area contributed by atoms with Gasteiger partial charge in [0.2, 0.25) is 0 Å². The molecule has 0 fully saturated rings. The molecule has 0 aliphatic rings. The van der Waals surface area contributed by atoms with Crippen LogP contribution in [0.25, 0.3) is 23.1 Å². The molecule has 0 amide bonds. The highest BCUT2D eigenvalue weighted by Crippen LogP contribution is 2.23. The topological polar surface area (TPSA) is 12.9 Å². The van der Waals surface area contributed by atoms with Crippen molar-refractivity contribution < 1.29 is 0 Å². The lowest BCUT2D eigenvalue weighted by molar-refractivity contribution is 1.37. The number of halogens is 1. The predicted molar refractivity (Wildman–Crippen MR) is 80.0 cm³/mol. The maximum absolute atomic E-state index is 6.25. The Balaban J connectivity index is 2.03. The molecule has 2 heterocycles. The molecule has 1 aromatic carbocycles. The average Bonchev–Trinajstić information content (AvgIpc) is 2.90. The highest BCUT2D eigenvalue weighted by Gasteiger charge is 2.01. The second-order valence-electron chi connectivity index (χ2n) is 3.89. The van der Waals surface area contributed by atoms with Gasteiger partial charge in [0.15, 0.2) is 0 Å². The SMILES string of the molecule is Clc1cc(/C=C/c2cccs2)nc2ccccc12. The number of hydrogen-bond donors (Lipinski definition) is 0. The number of hydrogen-bond acceptors (Lipinski definition) is 2. The van der Waals surface area contributed by atoms with Gasteiger partial charge in [0, 0.05) is 10.3 Å². The Hall–Kier alpha value is -1.64. The van der Waals surface area contributed by atoms with Crippen molar-refractivity contribution in [2.75, 3.05) is 0 Å². The minimum atomic E-state index is 0.742. The van der Waals surface area contributed by atoms with Crippen LogP contribution in [0.15, 0.2) is 47.8 Å². The lowest BCUT2D eigenvalue weighted by Gasteiger charge is -2.01. The maximum Gasteiger partial charge on any atom is 0.0724 e. The Bertz CT molecular complexity index is 702. The van der Waals surface area contributed by atoms with E-state index in [-0.39, 0.29) is 0 Å². The zero-order valence-electron chi connectivity index (χ0n) is 9.51. The normalized spacial score (nSPS) is 11.4. The summed E-state index contributed by atoms with van der Waals surface area (Å²) in [6.07, 6.45) is 4.04. The van der Waals surface area contributed by atoms with Crippen molar-refractivity contribution in [3.05, 3.63) is 63.4 Å². The molecule has 3 aromatic rings. The predicted octanol–water partition coefficient (Wildman–Crippen LogP) is 5.12. The number of nitrogens with zero attached hydrogens (tertiary/aromatic N) is 1. The number of fused-ring (bicyclic) bond motifs is 1. The van der Waals surface area contributed by atoms with E-state index in [1.54, 1.807) is 11.3 Å². The molecule has 0 spiro atoms. The number of rotatable bonds is 2. The maximum atomic E-state index is 6.25. The van der Waals surface area contributed by atoms with E-state index < -0.39 is 0 Å². The van der Waals surface area contributed by atoms with E-state index in [0.717, 1.165) is 21.6 Å². The summed E-state index contributed by atoms with van der Waals surface area (Å²) < 4.78 is 0. The third-order valence-electron chi connectivity index (χ3n) is 2.65. The molecule has 0 bridgehead atoms. The van der Waals surface area contributed by atoms with Crippen molar-refractivity contribution in [1.29, 1.82) is 0 Å². The van der Waals surface area contributed by atoms with Crippen LogP contribution in [0, 0.1) is 0 Å². The average molecular weight is 272 g/mol. The minimum absolute atomic E-state index is 0.742. The van der Waals surface area contributed by atoms with Gasteiger partial charge in [-0.15, -0.1) is 11.3 Å². The van der Waals surface area contributed by atoms with Gasteiger partial charge in [-0.1, -0.05) is 35.9 Å². The smallest absolute Gasteiger partial charge is 0.0724 e. The first-order valence-corrected chi connectivity index (χ1v) is 6.85. The van der Waals surface area contributed by atoms with Crippen molar-refractivity contribution in [2.45, 2.75) is 0 Å². The molecular weight excluding hydrogens is 262 g/mol. The van der Waals surface area contributed by atoms with E-state index in [0.29, 0.717) is 0 Å². The molecule has 0 aliphatic carbocycles. The molecule has 0 unspecified atom stereocenters. The molecule has 0 radical (unpaired) electrons. The van der Waals surface area contributed by atoms with Gasteiger partial charge in [0.05, 0.1) is 16.2 Å². The zero-order valence-corrected chi connectivity index (χ0v) is 11.1. The van der Waals surface area contributed by atoms with E-state index in [9.17, 15) is 0 Å². The Morgan fingerprint density at radius 2 is 1.94 bits per heavy atom. The Labute approximate surface area is 114 Å². The number of benzene rings is 1. The summed E-state index contributed by atoms with van der Waals surface area (Å²) in [6, 6.07) is 13.9. The van der Waals surface area contributed by atoms with Gasteiger partial charge in [0.25, 0.3) is 0 Å². The van der Waals surface area contributed by atoms with Gasteiger partial charge < -0.3 is 0 Å². The van der Waals surface area contributed by atoms with Crippen LogP contribution in [0.4, 0.5) is 0 Å². The lowest BCUT2D eigenvalue weighted by Crippen LogP contribution is -1.84. The fourth-order valence-corrected chi connectivity index (χ4v) is 2.68. The summed E-state index contributed by atoms with van der Waals surface area (Å²) in [7, 11) is 0.